The normalized spacial score (nSPS) is 13.3. The molecule has 0 saturated heterocycles. The van der Waals surface area contributed by atoms with E-state index in [1.54, 1.807) is 0 Å². The summed E-state index contributed by atoms with van der Waals surface area (Å²) in [6.07, 6.45) is 2.10. The quantitative estimate of drug-likeness (QED) is 0.194. The molecule has 0 amide bonds. The predicted octanol–water partition coefficient (Wildman–Crippen LogP) is 12.2. The first-order valence-electron chi connectivity index (χ1n) is 16.9. The minimum Gasteiger partial charge on any atom is -0.455 e. The van der Waals surface area contributed by atoms with Gasteiger partial charge in [0.25, 0.3) is 0 Å². The lowest BCUT2D eigenvalue weighted by atomic mass is 9.82. The first-order valence-corrected chi connectivity index (χ1v) is 16.9. The van der Waals surface area contributed by atoms with Gasteiger partial charge in [-0.3, -0.25) is 4.40 Å². The molecular formula is C46H32N2O. The van der Waals surface area contributed by atoms with Gasteiger partial charge in [0, 0.05) is 39.1 Å². The van der Waals surface area contributed by atoms with Crippen molar-refractivity contribution in [3.63, 3.8) is 0 Å². The molecule has 232 valence electrons. The molecule has 0 unspecified atom stereocenters. The third-order valence-electron chi connectivity index (χ3n) is 10.5. The molecule has 3 heterocycles. The molecule has 0 aliphatic heterocycles. The second kappa shape index (κ2) is 10.4. The Balaban J connectivity index is 1.07. The van der Waals surface area contributed by atoms with Crippen LogP contribution in [-0.2, 0) is 5.41 Å². The third-order valence-corrected chi connectivity index (χ3v) is 10.5. The summed E-state index contributed by atoms with van der Waals surface area (Å²) >= 11 is 0. The topological polar surface area (TPSA) is 30.4 Å². The van der Waals surface area contributed by atoms with Gasteiger partial charge in [-0.25, -0.2) is 4.98 Å². The fourth-order valence-corrected chi connectivity index (χ4v) is 7.95. The number of rotatable bonds is 4. The number of benzene rings is 6. The summed E-state index contributed by atoms with van der Waals surface area (Å²) in [5, 5.41) is 2.30. The third kappa shape index (κ3) is 4.19. The SMILES string of the molecule is CC1(C)c2ccccc2-c2cc3c(cc21)oc1c(-c2ccc(-c4c(-c5ccc(-c6ccccc6)cc5)nc5ccccn45)cc2)cccc13. The zero-order valence-corrected chi connectivity index (χ0v) is 27.3. The maximum Gasteiger partial charge on any atom is 0.143 e. The van der Waals surface area contributed by atoms with Crippen LogP contribution in [0.1, 0.15) is 25.0 Å². The van der Waals surface area contributed by atoms with E-state index in [1.807, 2.05) is 12.1 Å². The van der Waals surface area contributed by atoms with Gasteiger partial charge in [0.15, 0.2) is 0 Å². The Bertz CT molecular complexity index is 2710. The summed E-state index contributed by atoms with van der Waals surface area (Å²) in [6, 6.07) is 54.1. The highest BCUT2D eigenvalue weighted by molar-refractivity contribution is 6.11. The molecule has 0 saturated carbocycles. The Kier molecular flexibility index (Phi) is 5.92. The molecule has 0 atom stereocenters. The Labute approximate surface area is 284 Å². The molecule has 0 bridgehead atoms. The van der Waals surface area contributed by atoms with Crippen LogP contribution in [0.4, 0.5) is 0 Å². The smallest absolute Gasteiger partial charge is 0.143 e. The van der Waals surface area contributed by atoms with Crippen LogP contribution in [0, 0.1) is 0 Å². The van der Waals surface area contributed by atoms with Crippen LogP contribution in [0.3, 0.4) is 0 Å². The van der Waals surface area contributed by atoms with Crippen LogP contribution in [0.15, 0.2) is 162 Å². The van der Waals surface area contributed by atoms with Crippen LogP contribution in [0.25, 0.3) is 83.5 Å². The maximum atomic E-state index is 6.72. The van der Waals surface area contributed by atoms with Crippen LogP contribution in [0.2, 0.25) is 0 Å². The van der Waals surface area contributed by atoms with Crippen molar-refractivity contribution in [3.05, 3.63) is 169 Å². The summed E-state index contributed by atoms with van der Waals surface area (Å²) in [5.41, 5.74) is 16.9. The molecule has 49 heavy (non-hydrogen) atoms. The van der Waals surface area contributed by atoms with Crippen molar-refractivity contribution in [1.29, 1.82) is 0 Å². The number of hydrogen-bond donors (Lipinski definition) is 0. The molecular weight excluding hydrogens is 597 g/mol. The maximum absolute atomic E-state index is 6.72. The highest BCUT2D eigenvalue weighted by Gasteiger charge is 2.36. The van der Waals surface area contributed by atoms with Gasteiger partial charge in [-0.05, 0) is 63.2 Å². The van der Waals surface area contributed by atoms with Gasteiger partial charge < -0.3 is 4.42 Å². The summed E-state index contributed by atoms with van der Waals surface area (Å²) < 4.78 is 8.91. The lowest BCUT2D eigenvalue weighted by Crippen LogP contribution is -2.14. The standard InChI is InChI=1S/C46H32N2O/c1-46(2)39-16-7-6-13-35(39)37-27-38-36-15-10-14-34(45(36)49-41(38)28-40(37)46)31-20-24-33(25-21-31)44-43(47-42-17-8-9-26-48(42)44)32-22-18-30(19-23-32)29-11-4-3-5-12-29/h3-28H,1-2H3. The van der Waals surface area contributed by atoms with E-state index in [4.69, 9.17) is 9.40 Å². The fraction of sp³-hybridized carbons (Fsp3) is 0.0652. The minimum absolute atomic E-state index is 0.0711. The highest BCUT2D eigenvalue weighted by Crippen LogP contribution is 2.51. The van der Waals surface area contributed by atoms with Crippen molar-refractivity contribution in [2.45, 2.75) is 19.3 Å². The molecule has 0 spiro atoms. The Morgan fingerprint density at radius 1 is 0.510 bits per heavy atom. The van der Waals surface area contributed by atoms with Crippen LogP contribution >= 0.6 is 0 Å². The number of imidazole rings is 1. The van der Waals surface area contributed by atoms with E-state index in [9.17, 15) is 0 Å². The van der Waals surface area contributed by atoms with Crippen molar-refractivity contribution >= 4 is 27.6 Å². The molecule has 1 aliphatic carbocycles. The molecule has 0 radical (unpaired) electrons. The lowest BCUT2D eigenvalue weighted by molar-refractivity contribution is 0.648. The van der Waals surface area contributed by atoms with E-state index < -0.39 is 0 Å². The van der Waals surface area contributed by atoms with E-state index in [0.717, 1.165) is 61.2 Å². The van der Waals surface area contributed by atoms with E-state index >= 15 is 0 Å². The number of para-hydroxylation sites is 1. The van der Waals surface area contributed by atoms with Crippen molar-refractivity contribution in [1.82, 2.24) is 9.38 Å². The molecule has 10 rings (SSSR count). The van der Waals surface area contributed by atoms with E-state index in [2.05, 4.69) is 164 Å². The monoisotopic (exact) mass is 628 g/mol. The fourth-order valence-electron chi connectivity index (χ4n) is 7.95. The zero-order chi connectivity index (χ0) is 32.7. The zero-order valence-electron chi connectivity index (χ0n) is 27.3. The summed E-state index contributed by atoms with van der Waals surface area (Å²) in [6.45, 7) is 4.63. The molecule has 0 N–H and O–H groups in total. The first-order chi connectivity index (χ1) is 24.0. The summed E-state index contributed by atoms with van der Waals surface area (Å²) in [7, 11) is 0. The van der Waals surface area contributed by atoms with Crippen LogP contribution in [0.5, 0.6) is 0 Å². The van der Waals surface area contributed by atoms with Crippen molar-refractivity contribution in [2.24, 2.45) is 0 Å². The number of furan rings is 1. The van der Waals surface area contributed by atoms with Gasteiger partial charge in [0.05, 0.1) is 11.4 Å². The van der Waals surface area contributed by atoms with Gasteiger partial charge in [0.1, 0.15) is 16.8 Å². The highest BCUT2D eigenvalue weighted by atomic mass is 16.3. The minimum atomic E-state index is -0.0711. The van der Waals surface area contributed by atoms with Gasteiger partial charge in [-0.15, -0.1) is 0 Å². The second-order valence-electron chi connectivity index (χ2n) is 13.6. The average molecular weight is 629 g/mol. The van der Waals surface area contributed by atoms with Crippen LogP contribution < -0.4 is 0 Å². The van der Waals surface area contributed by atoms with Crippen molar-refractivity contribution in [3.8, 4) is 55.9 Å². The van der Waals surface area contributed by atoms with Gasteiger partial charge >= 0.3 is 0 Å². The first kappa shape index (κ1) is 27.9. The average Bonchev–Trinajstić information content (AvgIpc) is 3.79. The molecule has 0 fully saturated rings. The van der Waals surface area contributed by atoms with Gasteiger partial charge in [-0.1, -0.05) is 141 Å². The molecule has 3 heteroatoms. The van der Waals surface area contributed by atoms with Gasteiger partial charge in [-0.2, -0.15) is 0 Å². The molecule has 1 aliphatic rings. The second-order valence-corrected chi connectivity index (χ2v) is 13.6. The van der Waals surface area contributed by atoms with Crippen LogP contribution in [-0.4, -0.2) is 9.38 Å². The summed E-state index contributed by atoms with van der Waals surface area (Å²) in [4.78, 5) is 5.11. The number of hydrogen-bond acceptors (Lipinski definition) is 2. The molecule has 6 aromatic carbocycles. The van der Waals surface area contributed by atoms with E-state index in [0.29, 0.717) is 0 Å². The Morgan fingerprint density at radius 2 is 1.18 bits per heavy atom. The van der Waals surface area contributed by atoms with Crippen molar-refractivity contribution < 1.29 is 4.42 Å². The molecule has 3 nitrogen and oxygen atoms in total. The lowest BCUT2D eigenvalue weighted by Gasteiger charge is -2.21. The van der Waals surface area contributed by atoms with E-state index in [-0.39, 0.29) is 5.41 Å². The van der Waals surface area contributed by atoms with Crippen molar-refractivity contribution in [2.75, 3.05) is 0 Å². The number of nitrogens with zero attached hydrogens (tertiary/aromatic N) is 2. The van der Waals surface area contributed by atoms with Gasteiger partial charge in [0.2, 0.25) is 0 Å². The number of aromatic nitrogens is 2. The molecule has 9 aromatic rings. The Morgan fingerprint density at radius 3 is 2.02 bits per heavy atom. The summed E-state index contributed by atoms with van der Waals surface area (Å²) in [5.74, 6) is 0. The number of fused-ring (bicyclic) bond motifs is 7. The Hall–Kier alpha value is -6.19. The van der Waals surface area contributed by atoms with E-state index in [1.165, 1.54) is 33.4 Å². The molecule has 3 aromatic heterocycles. The predicted molar refractivity (Wildman–Crippen MR) is 202 cm³/mol. The largest absolute Gasteiger partial charge is 0.455 e. The number of pyridine rings is 1.